The van der Waals surface area contributed by atoms with Crippen molar-refractivity contribution in [2.24, 2.45) is 0 Å². The summed E-state index contributed by atoms with van der Waals surface area (Å²) < 4.78 is 7.58. The molecule has 26 heavy (non-hydrogen) atoms. The summed E-state index contributed by atoms with van der Waals surface area (Å²) in [4.78, 5) is 16.3. The smallest absolute Gasteiger partial charge is 0.340 e. The SMILES string of the molecule is CC(C)(C)OC(=O)c1ccc(-n2ncc(-c3ccc(Br)cc3)c2O)nc1. The van der Waals surface area contributed by atoms with Crippen LogP contribution in [0.3, 0.4) is 0 Å². The Balaban J connectivity index is 1.86. The van der Waals surface area contributed by atoms with Gasteiger partial charge in [0.25, 0.3) is 0 Å². The molecule has 1 N–H and O–H groups in total. The van der Waals surface area contributed by atoms with Crippen LogP contribution in [0, 0.1) is 0 Å². The zero-order valence-electron chi connectivity index (χ0n) is 14.6. The van der Waals surface area contributed by atoms with Gasteiger partial charge in [0.15, 0.2) is 5.82 Å². The second kappa shape index (κ2) is 6.92. The lowest BCUT2D eigenvalue weighted by Gasteiger charge is -2.19. The van der Waals surface area contributed by atoms with E-state index in [1.165, 1.54) is 10.9 Å². The van der Waals surface area contributed by atoms with E-state index in [-0.39, 0.29) is 5.88 Å². The molecule has 0 saturated carbocycles. The molecular formula is C19H18BrN3O3. The molecule has 0 atom stereocenters. The molecule has 0 unspecified atom stereocenters. The van der Waals surface area contributed by atoms with Crippen molar-refractivity contribution in [3.8, 4) is 22.8 Å². The maximum absolute atomic E-state index is 12.1. The average molecular weight is 416 g/mol. The van der Waals surface area contributed by atoms with Gasteiger partial charge in [-0.1, -0.05) is 28.1 Å². The minimum Gasteiger partial charge on any atom is -0.493 e. The average Bonchev–Trinajstić information content (AvgIpc) is 2.96. The highest BCUT2D eigenvalue weighted by Gasteiger charge is 2.19. The third-order valence-electron chi connectivity index (χ3n) is 3.50. The van der Waals surface area contributed by atoms with Crippen LogP contribution < -0.4 is 0 Å². The van der Waals surface area contributed by atoms with Gasteiger partial charge in [0.2, 0.25) is 5.88 Å². The Kier molecular flexibility index (Phi) is 4.82. The highest BCUT2D eigenvalue weighted by Crippen LogP contribution is 2.31. The molecule has 3 aromatic rings. The van der Waals surface area contributed by atoms with Gasteiger partial charge in [0.05, 0.1) is 17.3 Å². The molecule has 0 radical (unpaired) electrons. The standard InChI is InChI=1S/C19H18BrN3O3/c1-19(2,3)26-18(25)13-6-9-16(21-10-13)23-17(24)15(11-22-23)12-4-7-14(20)8-5-12/h4-11,24H,1-3H3. The molecule has 0 aliphatic rings. The van der Waals surface area contributed by atoms with Crippen LogP contribution in [0.25, 0.3) is 16.9 Å². The van der Waals surface area contributed by atoms with Gasteiger partial charge in [-0.3, -0.25) is 0 Å². The Bertz CT molecular complexity index is 926. The molecule has 2 heterocycles. The minimum atomic E-state index is -0.574. The van der Waals surface area contributed by atoms with Crippen molar-refractivity contribution in [1.82, 2.24) is 14.8 Å². The predicted octanol–water partition coefficient (Wildman–Crippen LogP) is 4.36. The van der Waals surface area contributed by atoms with Crippen molar-refractivity contribution in [3.05, 3.63) is 58.8 Å². The first-order valence-corrected chi connectivity index (χ1v) is 8.76. The van der Waals surface area contributed by atoms with Gasteiger partial charge in [-0.15, -0.1) is 0 Å². The number of halogens is 1. The summed E-state index contributed by atoms with van der Waals surface area (Å²) in [7, 11) is 0. The molecule has 2 aromatic heterocycles. The van der Waals surface area contributed by atoms with Crippen molar-refractivity contribution >= 4 is 21.9 Å². The Morgan fingerprint density at radius 1 is 1.12 bits per heavy atom. The molecule has 0 spiro atoms. The van der Waals surface area contributed by atoms with E-state index in [0.717, 1.165) is 10.0 Å². The van der Waals surface area contributed by atoms with Gasteiger partial charge in [-0.25, -0.2) is 9.78 Å². The Morgan fingerprint density at radius 2 is 1.81 bits per heavy atom. The van der Waals surface area contributed by atoms with E-state index >= 15 is 0 Å². The van der Waals surface area contributed by atoms with Gasteiger partial charge < -0.3 is 9.84 Å². The van der Waals surface area contributed by atoms with E-state index in [0.29, 0.717) is 16.9 Å². The van der Waals surface area contributed by atoms with Gasteiger partial charge in [0, 0.05) is 10.7 Å². The summed E-state index contributed by atoms with van der Waals surface area (Å²) in [5.74, 6) is -0.0696. The normalized spacial score (nSPS) is 11.4. The molecule has 3 rings (SSSR count). The third-order valence-corrected chi connectivity index (χ3v) is 4.03. The van der Waals surface area contributed by atoms with Crippen LogP contribution in [0.15, 0.2) is 53.3 Å². The number of rotatable bonds is 3. The fourth-order valence-electron chi connectivity index (χ4n) is 2.31. The molecule has 6 nitrogen and oxygen atoms in total. The summed E-state index contributed by atoms with van der Waals surface area (Å²) in [6.45, 7) is 5.41. The molecule has 0 amide bonds. The number of hydrogen-bond acceptors (Lipinski definition) is 5. The maximum Gasteiger partial charge on any atom is 0.340 e. The van der Waals surface area contributed by atoms with Crippen molar-refractivity contribution < 1.29 is 14.6 Å². The zero-order chi connectivity index (χ0) is 18.9. The summed E-state index contributed by atoms with van der Waals surface area (Å²) in [5, 5.41) is 14.7. The van der Waals surface area contributed by atoms with Gasteiger partial charge in [-0.05, 0) is 50.6 Å². The van der Waals surface area contributed by atoms with E-state index in [1.807, 2.05) is 24.3 Å². The lowest BCUT2D eigenvalue weighted by Crippen LogP contribution is -2.24. The molecular weight excluding hydrogens is 398 g/mol. The molecule has 1 aromatic carbocycles. The van der Waals surface area contributed by atoms with Crippen LogP contribution in [0.1, 0.15) is 31.1 Å². The van der Waals surface area contributed by atoms with E-state index in [9.17, 15) is 9.90 Å². The maximum atomic E-state index is 12.1. The van der Waals surface area contributed by atoms with Crippen molar-refractivity contribution in [1.29, 1.82) is 0 Å². The van der Waals surface area contributed by atoms with E-state index in [4.69, 9.17) is 4.74 Å². The molecule has 0 aliphatic heterocycles. The molecule has 0 bridgehead atoms. The Labute approximate surface area is 159 Å². The first-order valence-electron chi connectivity index (χ1n) is 7.97. The number of benzene rings is 1. The van der Waals surface area contributed by atoms with Crippen LogP contribution in [0.4, 0.5) is 0 Å². The summed E-state index contributed by atoms with van der Waals surface area (Å²) >= 11 is 3.38. The van der Waals surface area contributed by atoms with Crippen molar-refractivity contribution in [2.75, 3.05) is 0 Å². The number of aromatic nitrogens is 3. The number of hydrogen-bond donors (Lipinski definition) is 1. The monoisotopic (exact) mass is 415 g/mol. The topological polar surface area (TPSA) is 77.2 Å². The number of pyridine rings is 1. The van der Waals surface area contributed by atoms with Gasteiger partial charge in [0.1, 0.15) is 5.60 Å². The predicted molar refractivity (Wildman–Crippen MR) is 101 cm³/mol. The first kappa shape index (κ1) is 18.1. The fourth-order valence-corrected chi connectivity index (χ4v) is 2.58. The van der Waals surface area contributed by atoms with Crippen LogP contribution in [0.5, 0.6) is 5.88 Å². The zero-order valence-corrected chi connectivity index (χ0v) is 16.2. The van der Waals surface area contributed by atoms with Crippen molar-refractivity contribution in [3.63, 3.8) is 0 Å². The van der Waals surface area contributed by atoms with Gasteiger partial charge in [-0.2, -0.15) is 9.78 Å². The number of ether oxygens (including phenoxy) is 1. The largest absolute Gasteiger partial charge is 0.493 e. The minimum absolute atomic E-state index is 0.0233. The number of carbonyl (C=O) groups excluding carboxylic acids is 1. The Hall–Kier alpha value is -2.67. The number of aromatic hydroxyl groups is 1. The van der Waals surface area contributed by atoms with E-state index in [2.05, 4.69) is 26.0 Å². The first-order chi connectivity index (χ1) is 12.2. The van der Waals surface area contributed by atoms with Crippen LogP contribution in [-0.2, 0) is 4.74 Å². The van der Waals surface area contributed by atoms with Gasteiger partial charge >= 0.3 is 5.97 Å². The van der Waals surface area contributed by atoms with Crippen molar-refractivity contribution in [2.45, 2.75) is 26.4 Å². The summed E-state index contributed by atoms with van der Waals surface area (Å²) in [6.07, 6.45) is 2.98. The molecule has 134 valence electrons. The lowest BCUT2D eigenvalue weighted by molar-refractivity contribution is 0.00691. The van der Waals surface area contributed by atoms with E-state index < -0.39 is 11.6 Å². The molecule has 7 heteroatoms. The summed E-state index contributed by atoms with van der Waals surface area (Å²) in [6, 6.07) is 10.7. The molecule has 0 aliphatic carbocycles. The second-order valence-corrected chi connectivity index (χ2v) is 7.62. The quantitative estimate of drug-likeness (QED) is 0.643. The fraction of sp³-hybridized carbons (Fsp3) is 0.211. The molecule has 0 saturated heterocycles. The molecule has 0 fully saturated rings. The van der Waals surface area contributed by atoms with Crippen LogP contribution in [-0.4, -0.2) is 31.4 Å². The Morgan fingerprint density at radius 3 is 2.38 bits per heavy atom. The third kappa shape index (κ3) is 3.94. The summed E-state index contributed by atoms with van der Waals surface area (Å²) in [5.41, 5.74) is 1.19. The van der Waals surface area contributed by atoms with Crippen LogP contribution >= 0.6 is 15.9 Å². The number of nitrogens with zero attached hydrogens (tertiary/aromatic N) is 3. The number of esters is 1. The number of carbonyl (C=O) groups is 1. The highest BCUT2D eigenvalue weighted by atomic mass is 79.9. The second-order valence-electron chi connectivity index (χ2n) is 6.71. The lowest BCUT2D eigenvalue weighted by atomic mass is 10.1. The highest BCUT2D eigenvalue weighted by molar-refractivity contribution is 9.10. The van der Waals surface area contributed by atoms with E-state index in [1.54, 1.807) is 39.1 Å². The van der Waals surface area contributed by atoms with Crippen LogP contribution in [0.2, 0.25) is 0 Å².